The molecule has 3 nitrogen and oxygen atoms in total. The molecule has 0 aliphatic carbocycles. The molecular weight excluding hydrogens is 330 g/mol. The molecule has 2 rings (SSSR count). The fourth-order valence-electron chi connectivity index (χ4n) is 1.62. The number of phenolic OH excluding ortho intramolecular Hbond substituents is 1. The minimum atomic E-state index is -0.329. The lowest BCUT2D eigenvalue weighted by molar-refractivity contribution is 0.0948. The Bertz CT molecular complexity index is 616. The first-order chi connectivity index (χ1) is 9.06. The molecule has 2 aromatic carbocycles. The van der Waals surface area contributed by atoms with Crippen LogP contribution in [0.3, 0.4) is 0 Å². The van der Waals surface area contributed by atoms with Gasteiger partial charge in [-0.25, -0.2) is 0 Å². The topological polar surface area (TPSA) is 49.3 Å². The Hall–Kier alpha value is -1.52. The number of nitrogens with one attached hydrogen (secondary N) is 1. The first-order valence-electron chi connectivity index (χ1n) is 5.57. The number of carbonyl (C=O) groups is 1. The average molecular weight is 341 g/mol. The molecule has 0 aromatic heterocycles. The number of benzene rings is 2. The molecule has 2 aromatic rings. The number of aromatic hydroxyl groups is 1. The van der Waals surface area contributed by atoms with Gasteiger partial charge in [-0.15, -0.1) is 0 Å². The zero-order chi connectivity index (χ0) is 13.8. The lowest BCUT2D eigenvalue weighted by Crippen LogP contribution is -2.22. The van der Waals surface area contributed by atoms with Crippen molar-refractivity contribution in [3.05, 3.63) is 63.1 Å². The number of hydrogen-bond acceptors (Lipinski definition) is 2. The molecule has 98 valence electrons. The number of rotatable bonds is 3. The van der Waals surface area contributed by atoms with E-state index in [9.17, 15) is 9.90 Å². The van der Waals surface area contributed by atoms with Crippen molar-refractivity contribution in [3.63, 3.8) is 0 Å². The Morgan fingerprint density at radius 3 is 2.74 bits per heavy atom. The van der Waals surface area contributed by atoms with Crippen LogP contribution >= 0.6 is 27.5 Å². The van der Waals surface area contributed by atoms with E-state index in [4.69, 9.17) is 11.6 Å². The van der Waals surface area contributed by atoms with Crippen LogP contribution in [-0.2, 0) is 6.54 Å². The summed E-state index contributed by atoms with van der Waals surface area (Å²) in [5, 5.41) is 13.0. The summed E-state index contributed by atoms with van der Waals surface area (Å²) in [6, 6.07) is 12.0. The quantitative estimate of drug-likeness (QED) is 0.894. The molecular formula is C14H11BrClNO2. The predicted molar refractivity (Wildman–Crippen MR) is 78.4 cm³/mol. The largest absolute Gasteiger partial charge is 0.507 e. The fraction of sp³-hybridized carbons (Fsp3) is 0.0714. The maximum atomic E-state index is 11.9. The van der Waals surface area contributed by atoms with Gasteiger partial charge in [-0.1, -0.05) is 39.7 Å². The molecule has 0 aliphatic rings. The standard InChI is InChI=1S/C14H11BrClNO2/c15-10-4-5-12(13(18)7-10)14(19)17-8-9-2-1-3-11(16)6-9/h1-7,18H,8H2,(H,17,19). The summed E-state index contributed by atoms with van der Waals surface area (Å²) in [7, 11) is 0. The van der Waals surface area contributed by atoms with Gasteiger partial charge in [0.1, 0.15) is 5.75 Å². The summed E-state index contributed by atoms with van der Waals surface area (Å²) < 4.78 is 0.719. The van der Waals surface area contributed by atoms with E-state index in [-0.39, 0.29) is 17.2 Å². The van der Waals surface area contributed by atoms with E-state index in [1.165, 1.54) is 6.07 Å². The van der Waals surface area contributed by atoms with Crippen LogP contribution in [-0.4, -0.2) is 11.0 Å². The SMILES string of the molecule is O=C(NCc1cccc(Cl)c1)c1ccc(Br)cc1O. The Morgan fingerprint density at radius 2 is 2.05 bits per heavy atom. The minimum absolute atomic E-state index is 0.0574. The van der Waals surface area contributed by atoms with Gasteiger partial charge in [-0.2, -0.15) is 0 Å². The second kappa shape index (κ2) is 6.08. The van der Waals surface area contributed by atoms with Crippen molar-refractivity contribution < 1.29 is 9.90 Å². The van der Waals surface area contributed by atoms with Crippen LogP contribution in [0.4, 0.5) is 0 Å². The Labute approximate surface area is 124 Å². The van der Waals surface area contributed by atoms with Gasteiger partial charge in [-0.05, 0) is 35.9 Å². The number of hydrogen-bond donors (Lipinski definition) is 2. The third-order valence-corrected chi connectivity index (χ3v) is 3.27. The second-order valence-corrected chi connectivity index (χ2v) is 5.33. The molecule has 0 atom stereocenters. The van der Waals surface area contributed by atoms with Crippen molar-refractivity contribution >= 4 is 33.4 Å². The van der Waals surface area contributed by atoms with Crippen LogP contribution in [0.15, 0.2) is 46.9 Å². The van der Waals surface area contributed by atoms with Gasteiger partial charge in [0.25, 0.3) is 5.91 Å². The Balaban J connectivity index is 2.05. The molecule has 0 fully saturated rings. The third kappa shape index (κ3) is 3.72. The van der Waals surface area contributed by atoms with E-state index in [1.807, 2.05) is 12.1 Å². The normalized spacial score (nSPS) is 10.2. The van der Waals surface area contributed by atoms with E-state index >= 15 is 0 Å². The van der Waals surface area contributed by atoms with Crippen LogP contribution in [0.1, 0.15) is 15.9 Å². The number of carbonyl (C=O) groups excluding carboxylic acids is 1. The highest BCUT2D eigenvalue weighted by Gasteiger charge is 2.10. The monoisotopic (exact) mass is 339 g/mol. The van der Waals surface area contributed by atoms with E-state index in [0.717, 1.165) is 10.0 Å². The van der Waals surface area contributed by atoms with Crippen LogP contribution in [0.25, 0.3) is 0 Å². The number of halogens is 2. The summed E-state index contributed by atoms with van der Waals surface area (Å²) in [5.41, 5.74) is 1.14. The molecule has 1 amide bonds. The van der Waals surface area contributed by atoms with Gasteiger partial charge in [0.2, 0.25) is 0 Å². The van der Waals surface area contributed by atoms with Crippen molar-refractivity contribution in [2.75, 3.05) is 0 Å². The van der Waals surface area contributed by atoms with Gasteiger partial charge in [-0.3, -0.25) is 4.79 Å². The van der Waals surface area contributed by atoms with Crippen molar-refractivity contribution in [1.29, 1.82) is 0 Å². The maximum absolute atomic E-state index is 11.9. The second-order valence-electron chi connectivity index (χ2n) is 3.97. The zero-order valence-electron chi connectivity index (χ0n) is 9.86. The van der Waals surface area contributed by atoms with Crippen molar-refractivity contribution in [2.24, 2.45) is 0 Å². The van der Waals surface area contributed by atoms with Crippen LogP contribution in [0.2, 0.25) is 5.02 Å². The van der Waals surface area contributed by atoms with Gasteiger partial charge < -0.3 is 10.4 Å². The summed E-state index contributed by atoms with van der Waals surface area (Å²) in [4.78, 5) is 11.9. The van der Waals surface area contributed by atoms with Crippen LogP contribution < -0.4 is 5.32 Å². The summed E-state index contributed by atoms with van der Waals surface area (Å²) in [6.07, 6.45) is 0. The predicted octanol–water partition coefficient (Wildman–Crippen LogP) is 3.74. The Morgan fingerprint density at radius 1 is 1.26 bits per heavy atom. The maximum Gasteiger partial charge on any atom is 0.255 e. The molecule has 0 saturated carbocycles. The molecule has 0 saturated heterocycles. The Kier molecular flexibility index (Phi) is 4.45. The van der Waals surface area contributed by atoms with Gasteiger partial charge in [0, 0.05) is 16.0 Å². The van der Waals surface area contributed by atoms with E-state index < -0.39 is 0 Å². The fourth-order valence-corrected chi connectivity index (χ4v) is 2.18. The van der Waals surface area contributed by atoms with Crippen molar-refractivity contribution in [3.8, 4) is 5.75 Å². The zero-order valence-corrected chi connectivity index (χ0v) is 12.2. The number of phenols is 1. The molecule has 5 heteroatoms. The summed E-state index contributed by atoms with van der Waals surface area (Å²) in [5.74, 6) is -0.386. The summed E-state index contributed by atoms with van der Waals surface area (Å²) >= 11 is 9.08. The highest BCUT2D eigenvalue weighted by molar-refractivity contribution is 9.10. The first kappa shape index (κ1) is 13.9. The molecule has 2 N–H and O–H groups in total. The van der Waals surface area contributed by atoms with E-state index in [0.29, 0.717) is 11.6 Å². The molecule has 19 heavy (non-hydrogen) atoms. The van der Waals surface area contributed by atoms with Crippen molar-refractivity contribution in [2.45, 2.75) is 6.54 Å². The third-order valence-electron chi connectivity index (χ3n) is 2.55. The van der Waals surface area contributed by atoms with E-state index in [2.05, 4.69) is 21.2 Å². The lowest BCUT2D eigenvalue weighted by atomic mass is 10.1. The van der Waals surface area contributed by atoms with E-state index in [1.54, 1.807) is 24.3 Å². The molecule has 0 heterocycles. The molecule has 0 spiro atoms. The average Bonchev–Trinajstić information content (AvgIpc) is 2.36. The lowest BCUT2D eigenvalue weighted by Gasteiger charge is -2.07. The summed E-state index contributed by atoms with van der Waals surface area (Å²) in [6.45, 7) is 0.356. The highest BCUT2D eigenvalue weighted by atomic mass is 79.9. The van der Waals surface area contributed by atoms with Gasteiger partial charge in [0.05, 0.1) is 5.56 Å². The van der Waals surface area contributed by atoms with Crippen LogP contribution in [0, 0.1) is 0 Å². The molecule has 0 radical (unpaired) electrons. The van der Waals surface area contributed by atoms with Crippen molar-refractivity contribution in [1.82, 2.24) is 5.32 Å². The van der Waals surface area contributed by atoms with Gasteiger partial charge in [0.15, 0.2) is 0 Å². The number of amides is 1. The minimum Gasteiger partial charge on any atom is -0.507 e. The van der Waals surface area contributed by atoms with Gasteiger partial charge >= 0.3 is 0 Å². The van der Waals surface area contributed by atoms with Crippen LogP contribution in [0.5, 0.6) is 5.75 Å². The smallest absolute Gasteiger partial charge is 0.255 e. The molecule has 0 bridgehead atoms. The molecule has 0 unspecified atom stereocenters. The molecule has 0 aliphatic heterocycles. The highest BCUT2D eigenvalue weighted by Crippen LogP contribution is 2.22. The first-order valence-corrected chi connectivity index (χ1v) is 6.74.